The molecule has 2 rings (SSSR count). The number of para-hydroxylation sites is 1. The first-order chi connectivity index (χ1) is 10.0. The van der Waals surface area contributed by atoms with Gasteiger partial charge in [-0.3, -0.25) is 9.59 Å². The van der Waals surface area contributed by atoms with Gasteiger partial charge in [0.05, 0.1) is 12.2 Å². The number of amides is 1. The van der Waals surface area contributed by atoms with Gasteiger partial charge in [0, 0.05) is 24.1 Å². The molecule has 110 valence electrons. The van der Waals surface area contributed by atoms with Crippen molar-refractivity contribution >= 4 is 22.8 Å². The number of hydrogen-bond donors (Lipinski definition) is 3. The second kappa shape index (κ2) is 6.19. The first-order valence-electron chi connectivity index (χ1n) is 6.17. The van der Waals surface area contributed by atoms with Crippen LogP contribution in [0.2, 0.25) is 0 Å². The quantitative estimate of drug-likeness (QED) is 0.736. The minimum atomic E-state index is -1.21. The minimum absolute atomic E-state index is 0.122. The lowest BCUT2D eigenvalue weighted by molar-refractivity contribution is -0.140. The van der Waals surface area contributed by atoms with Gasteiger partial charge in [0.1, 0.15) is 0 Å². The fraction of sp³-hybridized carbons (Fsp3) is 0.214. The van der Waals surface area contributed by atoms with Crippen molar-refractivity contribution in [2.75, 3.05) is 13.7 Å². The summed E-state index contributed by atoms with van der Waals surface area (Å²) in [5.74, 6) is -1.85. The molecule has 7 heteroatoms. The van der Waals surface area contributed by atoms with E-state index >= 15 is 0 Å². The minimum Gasteiger partial charge on any atom is -0.480 e. The van der Waals surface area contributed by atoms with Crippen LogP contribution >= 0.6 is 0 Å². The Morgan fingerprint density at radius 3 is 2.76 bits per heavy atom. The summed E-state index contributed by atoms with van der Waals surface area (Å²) in [6.07, 6.45) is 0. The molecule has 3 N–H and O–H groups in total. The molecule has 1 atom stereocenters. The second-order valence-corrected chi connectivity index (χ2v) is 4.41. The van der Waals surface area contributed by atoms with Gasteiger partial charge in [-0.1, -0.05) is 18.2 Å². The van der Waals surface area contributed by atoms with E-state index in [2.05, 4.69) is 10.3 Å². The monoisotopic (exact) mass is 290 g/mol. The highest BCUT2D eigenvalue weighted by Gasteiger charge is 2.21. The van der Waals surface area contributed by atoms with E-state index in [4.69, 9.17) is 9.84 Å². The van der Waals surface area contributed by atoms with E-state index in [-0.39, 0.29) is 12.2 Å². The first kappa shape index (κ1) is 14.7. The van der Waals surface area contributed by atoms with E-state index in [0.717, 1.165) is 6.07 Å². The molecule has 2 aromatic rings. The molecule has 0 spiro atoms. The number of aromatic amines is 1. The van der Waals surface area contributed by atoms with Crippen LogP contribution in [0.3, 0.4) is 0 Å². The number of carboxylic acids is 1. The number of hydrogen-bond acceptors (Lipinski definition) is 4. The second-order valence-electron chi connectivity index (χ2n) is 4.41. The fourth-order valence-corrected chi connectivity index (χ4v) is 1.97. The summed E-state index contributed by atoms with van der Waals surface area (Å²) in [4.78, 5) is 37.4. The Morgan fingerprint density at radius 2 is 2.10 bits per heavy atom. The van der Waals surface area contributed by atoms with Crippen LogP contribution in [0.15, 0.2) is 35.1 Å². The molecule has 0 aliphatic rings. The number of pyridine rings is 1. The zero-order valence-corrected chi connectivity index (χ0v) is 11.3. The van der Waals surface area contributed by atoms with Gasteiger partial charge in [-0.15, -0.1) is 0 Å². The highest BCUT2D eigenvalue weighted by atomic mass is 16.5. The third kappa shape index (κ3) is 3.26. The Kier molecular flexibility index (Phi) is 4.34. The molecule has 0 fully saturated rings. The number of methoxy groups -OCH3 is 1. The molecule has 0 saturated carbocycles. The van der Waals surface area contributed by atoms with Crippen molar-refractivity contribution in [1.82, 2.24) is 10.3 Å². The molecular weight excluding hydrogens is 276 g/mol. The number of carboxylic acid groups (broad SMARTS) is 1. The molecule has 0 saturated heterocycles. The molecule has 1 aromatic carbocycles. The molecule has 1 amide bonds. The molecule has 1 unspecified atom stereocenters. The van der Waals surface area contributed by atoms with Crippen LogP contribution in [0.5, 0.6) is 0 Å². The summed E-state index contributed by atoms with van der Waals surface area (Å²) in [5.41, 5.74) is 0.197. The normalized spacial score (nSPS) is 12.0. The molecule has 0 bridgehead atoms. The molecule has 0 aliphatic heterocycles. The Labute approximate surface area is 119 Å². The summed E-state index contributed by atoms with van der Waals surface area (Å²) < 4.78 is 4.75. The number of carbonyl (C=O) groups excluding carboxylic acids is 1. The standard InChI is InChI=1S/C14H14N2O5/c1-21-7-11(14(19)20)16-13(18)9-6-12(17)15-10-5-3-2-4-8(9)10/h2-6,11H,7H2,1H3,(H,15,17)(H,16,18)(H,19,20). The van der Waals surface area contributed by atoms with Gasteiger partial charge in [-0.05, 0) is 6.07 Å². The van der Waals surface area contributed by atoms with E-state index in [9.17, 15) is 14.4 Å². The van der Waals surface area contributed by atoms with Gasteiger partial charge in [0.15, 0.2) is 6.04 Å². The van der Waals surface area contributed by atoms with Gasteiger partial charge in [-0.2, -0.15) is 0 Å². The Bertz CT molecular complexity index is 737. The number of H-pyrrole nitrogens is 1. The highest BCUT2D eigenvalue weighted by Crippen LogP contribution is 2.14. The van der Waals surface area contributed by atoms with Gasteiger partial charge < -0.3 is 20.1 Å². The topological polar surface area (TPSA) is 108 Å². The van der Waals surface area contributed by atoms with E-state index in [1.165, 1.54) is 7.11 Å². The van der Waals surface area contributed by atoms with Crippen molar-refractivity contribution in [3.63, 3.8) is 0 Å². The largest absolute Gasteiger partial charge is 0.480 e. The Morgan fingerprint density at radius 1 is 1.38 bits per heavy atom. The number of benzene rings is 1. The van der Waals surface area contributed by atoms with Crippen molar-refractivity contribution < 1.29 is 19.4 Å². The molecule has 1 aromatic heterocycles. The summed E-state index contributed by atoms with van der Waals surface area (Å²) in [6.45, 7) is -0.164. The van der Waals surface area contributed by atoms with Crippen molar-refractivity contribution in [2.45, 2.75) is 6.04 Å². The number of carbonyl (C=O) groups is 2. The van der Waals surface area contributed by atoms with Crippen LogP contribution in [0, 0.1) is 0 Å². The number of nitrogens with one attached hydrogen (secondary N) is 2. The van der Waals surface area contributed by atoms with Crippen LogP contribution < -0.4 is 10.9 Å². The van der Waals surface area contributed by atoms with Crippen molar-refractivity contribution in [3.8, 4) is 0 Å². The third-order valence-electron chi connectivity index (χ3n) is 2.93. The summed E-state index contributed by atoms with van der Waals surface area (Å²) in [5, 5.41) is 11.9. The van der Waals surface area contributed by atoms with Crippen LogP contribution in [-0.2, 0) is 9.53 Å². The van der Waals surface area contributed by atoms with Crippen LogP contribution in [0.4, 0.5) is 0 Å². The number of aliphatic carboxylic acids is 1. The van der Waals surface area contributed by atoms with E-state index in [1.807, 2.05) is 0 Å². The molecular formula is C14H14N2O5. The summed E-state index contributed by atoms with van der Waals surface area (Å²) in [7, 11) is 1.34. The predicted octanol–water partition coefficient (Wildman–Crippen LogP) is 0.357. The molecule has 0 radical (unpaired) electrons. The molecule has 7 nitrogen and oxygen atoms in total. The zero-order valence-electron chi connectivity index (χ0n) is 11.3. The van der Waals surface area contributed by atoms with Gasteiger partial charge in [-0.25, -0.2) is 4.79 Å². The predicted molar refractivity (Wildman–Crippen MR) is 75.3 cm³/mol. The SMILES string of the molecule is COCC(NC(=O)c1cc(=O)[nH]c2ccccc12)C(=O)O. The van der Waals surface area contributed by atoms with E-state index in [1.54, 1.807) is 24.3 Å². The summed E-state index contributed by atoms with van der Waals surface area (Å²) in [6, 6.07) is 6.75. The highest BCUT2D eigenvalue weighted by molar-refractivity contribution is 6.06. The number of fused-ring (bicyclic) bond motifs is 1. The number of rotatable bonds is 5. The number of aromatic nitrogens is 1. The lowest BCUT2D eigenvalue weighted by Crippen LogP contribution is -2.44. The van der Waals surface area contributed by atoms with Crippen LogP contribution in [0.25, 0.3) is 10.9 Å². The smallest absolute Gasteiger partial charge is 0.328 e. The van der Waals surface area contributed by atoms with Gasteiger partial charge in [0.25, 0.3) is 5.91 Å². The molecule has 0 aliphatic carbocycles. The first-order valence-corrected chi connectivity index (χ1v) is 6.17. The zero-order chi connectivity index (χ0) is 15.4. The van der Waals surface area contributed by atoms with Crippen molar-refractivity contribution in [2.24, 2.45) is 0 Å². The van der Waals surface area contributed by atoms with Gasteiger partial charge >= 0.3 is 5.97 Å². The maximum atomic E-state index is 12.2. The average molecular weight is 290 g/mol. The van der Waals surface area contributed by atoms with E-state index in [0.29, 0.717) is 10.9 Å². The lowest BCUT2D eigenvalue weighted by Gasteiger charge is -2.14. The maximum Gasteiger partial charge on any atom is 0.328 e. The average Bonchev–Trinajstić information content (AvgIpc) is 2.45. The Balaban J connectivity index is 2.39. The third-order valence-corrected chi connectivity index (χ3v) is 2.93. The van der Waals surface area contributed by atoms with Gasteiger partial charge in [0.2, 0.25) is 5.56 Å². The molecule has 1 heterocycles. The number of ether oxygens (including phenoxy) is 1. The van der Waals surface area contributed by atoms with E-state index < -0.39 is 23.5 Å². The maximum absolute atomic E-state index is 12.2. The van der Waals surface area contributed by atoms with Crippen LogP contribution in [-0.4, -0.2) is 41.7 Å². The summed E-state index contributed by atoms with van der Waals surface area (Å²) >= 11 is 0. The van der Waals surface area contributed by atoms with Crippen molar-refractivity contribution in [3.05, 3.63) is 46.2 Å². The Hall–Kier alpha value is -2.67. The van der Waals surface area contributed by atoms with Crippen LogP contribution in [0.1, 0.15) is 10.4 Å². The lowest BCUT2D eigenvalue weighted by atomic mass is 10.1. The molecule has 21 heavy (non-hydrogen) atoms. The fourth-order valence-electron chi connectivity index (χ4n) is 1.97. The van der Waals surface area contributed by atoms with Crippen molar-refractivity contribution in [1.29, 1.82) is 0 Å².